The molecule has 0 amide bonds. The lowest BCUT2D eigenvalue weighted by molar-refractivity contribution is 1.46. The van der Waals surface area contributed by atoms with Crippen molar-refractivity contribution in [2.45, 2.75) is 0 Å². The van der Waals surface area contributed by atoms with Crippen molar-refractivity contribution in [2.75, 3.05) is 5.73 Å². The van der Waals surface area contributed by atoms with Crippen molar-refractivity contribution in [3.05, 3.63) is 46.8 Å². The minimum atomic E-state index is -0.199. The Morgan fingerprint density at radius 3 is 2.47 bits per heavy atom. The normalized spacial score (nSPS) is 8.07. The van der Waals surface area contributed by atoms with E-state index in [2.05, 4.69) is 4.85 Å². The molecule has 1 aromatic carbocycles. The van der Waals surface area contributed by atoms with E-state index in [1.807, 2.05) is 0 Å². The van der Waals surface area contributed by atoms with Crippen molar-refractivity contribution in [3.8, 4) is 12.1 Å². The molecule has 0 saturated carbocycles. The van der Waals surface area contributed by atoms with Crippen molar-refractivity contribution in [2.24, 2.45) is 0 Å². The predicted octanol–water partition coefficient (Wildman–Crippen LogP) is 1.95. The molecular formula is C11H6N4. The maximum absolute atomic E-state index is 8.65. The average molecular weight is 194 g/mol. The van der Waals surface area contributed by atoms with Crippen LogP contribution in [-0.2, 0) is 0 Å². The molecule has 2 N–H and O–H groups in total. The summed E-state index contributed by atoms with van der Waals surface area (Å²) in [5, 5.41) is 17.3. The molecule has 1 aromatic rings. The van der Waals surface area contributed by atoms with E-state index in [-0.39, 0.29) is 11.3 Å². The molecule has 0 fully saturated rings. The molecule has 0 aromatic heterocycles. The molecule has 1 rings (SSSR count). The predicted molar refractivity (Wildman–Crippen MR) is 55.6 cm³/mol. The summed E-state index contributed by atoms with van der Waals surface area (Å²) in [6.45, 7) is 6.93. The lowest BCUT2D eigenvalue weighted by Crippen LogP contribution is -1.88. The summed E-state index contributed by atoms with van der Waals surface area (Å²) < 4.78 is 0. The number of hydrogen-bond acceptors (Lipinski definition) is 3. The van der Waals surface area contributed by atoms with E-state index < -0.39 is 0 Å². The third-order valence-corrected chi connectivity index (χ3v) is 1.73. The Morgan fingerprint density at radius 1 is 1.33 bits per heavy atom. The minimum Gasteiger partial charge on any atom is -0.399 e. The molecule has 0 aliphatic heterocycles. The van der Waals surface area contributed by atoms with Crippen molar-refractivity contribution in [1.82, 2.24) is 0 Å². The fourth-order valence-corrected chi connectivity index (χ4v) is 1.08. The third kappa shape index (κ3) is 2.12. The average Bonchev–Trinajstić information content (AvgIpc) is 2.25. The summed E-state index contributed by atoms with van der Waals surface area (Å²) in [6, 6.07) is 9.90. The van der Waals surface area contributed by atoms with E-state index >= 15 is 0 Å². The number of allylic oxidation sites excluding steroid dienone is 1. The van der Waals surface area contributed by atoms with Gasteiger partial charge in [0.25, 0.3) is 0 Å². The summed E-state index contributed by atoms with van der Waals surface area (Å²) in [6.07, 6.45) is 0. The van der Waals surface area contributed by atoms with Crippen LogP contribution in [0.2, 0.25) is 0 Å². The molecular weight excluding hydrogens is 188 g/mol. The Morgan fingerprint density at radius 2 is 2.00 bits per heavy atom. The van der Waals surface area contributed by atoms with Crippen LogP contribution in [0.25, 0.3) is 10.5 Å². The van der Waals surface area contributed by atoms with Gasteiger partial charge in [-0.2, -0.15) is 10.5 Å². The van der Waals surface area contributed by atoms with Gasteiger partial charge in [-0.1, -0.05) is 12.1 Å². The zero-order valence-corrected chi connectivity index (χ0v) is 7.73. The molecule has 4 nitrogen and oxygen atoms in total. The van der Waals surface area contributed by atoms with E-state index in [4.69, 9.17) is 22.8 Å². The van der Waals surface area contributed by atoms with Crippen LogP contribution in [0.5, 0.6) is 0 Å². The second-order valence-corrected chi connectivity index (χ2v) is 2.68. The summed E-state index contributed by atoms with van der Waals surface area (Å²) in [4.78, 5) is 3.17. The Labute approximate surface area is 87.3 Å². The molecule has 70 valence electrons. The molecule has 4 heteroatoms. The second kappa shape index (κ2) is 4.46. The molecule has 0 radical (unpaired) electrons. The molecule has 0 heterocycles. The summed E-state index contributed by atoms with van der Waals surface area (Å²) in [5.41, 5.74) is 6.36. The van der Waals surface area contributed by atoms with E-state index in [1.165, 1.54) is 0 Å². The number of nitrogens with zero attached hydrogens (tertiary/aromatic N) is 3. The number of anilines is 1. The van der Waals surface area contributed by atoms with Gasteiger partial charge in [0, 0.05) is 5.69 Å². The van der Waals surface area contributed by atoms with Crippen molar-refractivity contribution in [1.29, 1.82) is 10.5 Å². The van der Waals surface area contributed by atoms with Crippen LogP contribution in [0.15, 0.2) is 29.8 Å². The van der Waals surface area contributed by atoms with Crippen LogP contribution < -0.4 is 5.73 Å². The zero-order valence-electron chi connectivity index (χ0n) is 7.73. The van der Waals surface area contributed by atoms with Crippen LogP contribution in [0, 0.1) is 29.2 Å². The number of rotatable bonds is 1. The Kier molecular flexibility index (Phi) is 3.07. The van der Waals surface area contributed by atoms with Crippen LogP contribution in [-0.4, -0.2) is 0 Å². The molecule has 0 aliphatic carbocycles. The van der Waals surface area contributed by atoms with Gasteiger partial charge in [0.2, 0.25) is 5.70 Å². The standard InChI is InChI=1S/C11H6N4/c1-15-11(9(6-12)7-13)8-3-2-4-10(14)5-8/h2-5H,14H2. The van der Waals surface area contributed by atoms with Crippen LogP contribution in [0.1, 0.15) is 5.56 Å². The van der Waals surface area contributed by atoms with E-state index in [0.717, 1.165) is 0 Å². The highest BCUT2D eigenvalue weighted by Crippen LogP contribution is 2.21. The van der Waals surface area contributed by atoms with Crippen LogP contribution in [0.4, 0.5) is 5.69 Å². The lowest BCUT2D eigenvalue weighted by Gasteiger charge is -1.99. The van der Waals surface area contributed by atoms with Crippen LogP contribution >= 0.6 is 0 Å². The number of nitrogen functional groups attached to an aromatic ring is 1. The topological polar surface area (TPSA) is 78.0 Å². The van der Waals surface area contributed by atoms with Crippen LogP contribution in [0.3, 0.4) is 0 Å². The molecule has 0 spiro atoms. The number of nitriles is 2. The highest BCUT2D eigenvalue weighted by molar-refractivity contribution is 5.80. The number of nitrogens with two attached hydrogens (primary N) is 1. The zero-order chi connectivity index (χ0) is 11.3. The number of benzene rings is 1. The van der Waals surface area contributed by atoms with Gasteiger partial charge in [-0.3, -0.25) is 0 Å². The Hall–Kier alpha value is -2.77. The van der Waals surface area contributed by atoms with E-state index in [0.29, 0.717) is 11.3 Å². The smallest absolute Gasteiger partial charge is 0.222 e. The van der Waals surface area contributed by atoms with Gasteiger partial charge >= 0.3 is 0 Å². The van der Waals surface area contributed by atoms with Gasteiger partial charge in [-0.25, -0.2) is 4.85 Å². The van der Waals surface area contributed by atoms with Crippen molar-refractivity contribution >= 4 is 11.4 Å². The SMILES string of the molecule is [C-]#[N+]C(=C(C#N)C#N)c1cccc(N)c1. The second-order valence-electron chi connectivity index (χ2n) is 2.68. The summed E-state index contributed by atoms with van der Waals surface area (Å²) in [5.74, 6) is 0. The van der Waals surface area contributed by atoms with Crippen molar-refractivity contribution < 1.29 is 0 Å². The van der Waals surface area contributed by atoms with Gasteiger partial charge in [0.1, 0.15) is 5.57 Å². The minimum absolute atomic E-state index is 0.0345. The number of hydrogen-bond donors (Lipinski definition) is 1. The fourth-order valence-electron chi connectivity index (χ4n) is 1.08. The molecule has 0 saturated heterocycles. The Balaban J connectivity index is 3.42. The fraction of sp³-hybridized carbons (Fsp3) is 0. The molecule has 0 unspecified atom stereocenters. The molecule has 0 atom stereocenters. The molecule has 15 heavy (non-hydrogen) atoms. The molecule has 0 aliphatic rings. The summed E-state index contributed by atoms with van der Waals surface area (Å²) >= 11 is 0. The molecule has 0 bridgehead atoms. The maximum atomic E-state index is 8.65. The van der Waals surface area contributed by atoms with E-state index in [1.54, 1.807) is 36.4 Å². The van der Waals surface area contributed by atoms with Gasteiger partial charge in [-0.15, -0.1) is 0 Å². The van der Waals surface area contributed by atoms with Gasteiger partial charge < -0.3 is 5.73 Å². The third-order valence-electron chi connectivity index (χ3n) is 1.73. The highest BCUT2D eigenvalue weighted by atomic mass is 14.7. The lowest BCUT2D eigenvalue weighted by atomic mass is 10.1. The van der Waals surface area contributed by atoms with E-state index in [9.17, 15) is 0 Å². The highest BCUT2D eigenvalue weighted by Gasteiger charge is 2.08. The van der Waals surface area contributed by atoms with Gasteiger partial charge in [-0.05, 0) is 17.7 Å². The first-order chi connectivity index (χ1) is 7.22. The first-order valence-corrected chi connectivity index (χ1v) is 4.00. The quantitative estimate of drug-likeness (QED) is 0.421. The largest absolute Gasteiger partial charge is 0.399 e. The Bertz CT molecular complexity index is 519. The van der Waals surface area contributed by atoms with Gasteiger partial charge in [0.05, 0.1) is 18.7 Å². The van der Waals surface area contributed by atoms with Crippen molar-refractivity contribution in [3.63, 3.8) is 0 Å². The van der Waals surface area contributed by atoms with Gasteiger partial charge in [0.15, 0.2) is 0 Å². The first-order valence-electron chi connectivity index (χ1n) is 4.00. The summed E-state index contributed by atoms with van der Waals surface area (Å²) in [7, 11) is 0. The monoisotopic (exact) mass is 194 g/mol. The maximum Gasteiger partial charge on any atom is 0.222 e. The first kappa shape index (κ1) is 10.3.